The fourth-order valence-electron chi connectivity index (χ4n) is 1.30. The minimum Gasteiger partial charge on any atom is -0.460 e. The van der Waals surface area contributed by atoms with Gasteiger partial charge in [-0.05, 0) is 26.8 Å². The van der Waals surface area contributed by atoms with Crippen LogP contribution >= 0.6 is 0 Å². The maximum Gasteiger partial charge on any atom is 0.311 e. The van der Waals surface area contributed by atoms with Crippen molar-refractivity contribution in [3.8, 4) is 0 Å². The van der Waals surface area contributed by atoms with Gasteiger partial charge < -0.3 is 4.74 Å². The third kappa shape index (κ3) is 4.22. The van der Waals surface area contributed by atoms with Crippen LogP contribution < -0.4 is 0 Å². The summed E-state index contributed by atoms with van der Waals surface area (Å²) < 4.78 is 5.09. The molecule has 0 aliphatic rings. The molecule has 0 aliphatic carbocycles. The summed E-state index contributed by atoms with van der Waals surface area (Å²) >= 11 is 0. The lowest BCUT2D eigenvalue weighted by Gasteiger charge is -2.19. The van der Waals surface area contributed by atoms with Gasteiger partial charge in [-0.3, -0.25) is 14.9 Å². The molecule has 91 valence electrons. The molecule has 0 aliphatic heterocycles. The van der Waals surface area contributed by atoms with Gasteiger partial charge in [0.1, 0.15) is 5.60 Å². The van der Waals surface area contributed by atoms with Crippen molar-refractivity contribution in [3.05, 3.63) is 39.9 Å². The fraction of sp³-hybridized carbons (Fsp3) is 0.417. The molecule has 17 heavy (non-hydrogen) atoms. The average molecular weight is 236 g/mol. The Labute approximate surface area is 99.5 Å². The first kappa shape index (κ1) is 13.2. The van der Waals surface area contributed by atoms with Gasteiger partial charge in [-0.15, -0.1) is 0 Å². The van der Waals surface area contributed by atoms with E-state index >= 15 is 0 Å². The topological polar surface area (TPSA) is 69.4 Å². The van der Waals surface area contributed by atoms with Crippen LogP contribution in [0.5, 0.6) is 0 Å². The Morgan fingerprint density at radius 3 is 2.71 bits per heavy atom. The number of benzene rings is 1. The predicted molar refractivity (Wildman–Crippen MR) is 61.5 cm³/mol. The van der Waals surface area contributed by atoms with Crippen molar-refractivity contribution in [2.45, 2.75) is 32.8 Å². The zero-order chi connectivity index (χ0) is 13.1. The lowest BCUT2D eigenvalue weighted by atomic mass is 10.1. The van der Waals surface area contributed by atoms with Crippen LogP contribution in [0.3, 0.4) is 0 Å². The Balaban J connectivity index is 2.82. The van der Waals surface area contributed by atoms with E-state index in [0.29, 0.717) is 0 Å². The van der Waals surface area contributed by atoms with Crippen LogP contribution in [0.2, 0.25) is 0 Å². The van der Waals surface area contributed by atoms with Crippen LogP contribution in [0, 0.1) is 16.2 Å². The Morgan fingerprint density at radius 1 is 1.53 bits per heavy atom. The van der Waals surface area contributed by atoms with Crippen LogP contribution in [0.15, 0.2) is 18.2 Å². The van der Waals surface area contributed by atoms with Gasteiger partial charge in [0.15, 0.2) is 0 Å². The number of nitrogens with zero attached hydrogens (tertiary/aromatic N) is 1. The van der Waals surface area contributed by atoms with Crippen molar-refractivity contribution in [3.63, 3.8) is 0 Å². The second-order valence-electron chi connectivity index (χ2n) is 4.55. The molecule has 0 unspecified atom stereocenters. The smallest absolute Gasteiger partial charge is 0.311 e. The number of carbonyl (C=O) groups is 1. The first-order chi connectivity index (χ1) is 7.79. The number of nitro benzene ring substituents is 1. The number of ether oxygens (including phenoxy) is 1. The van der Waals surface area contributed by atoms with E-state index in [-0.39, 0.29) is 17.7 Å². The summed E-state index contributed by atoms with van der Waals surface area (Å²) in [7, 11) is 0. The molecule has 0 N–H and O–H groups in total. The van der Waals surface area contributed by atoms with E-state index in [0.717, 1.165) is 0 Å². The molecule has 5 heteroatoms. The Morgan fingerprint density at radius 2 is 2.18 bits per heavy atom. The van der Waals surface area contributed by atoms with Crippen molar-refractivity contribution in [1.82, 2.24) is 0 Å². The minimum absolute atomic E-state index is 0.113. The van der Waals surface area contributed by atoms with Crippen LogP contribution in [-0.2, 0) is 16.0 Å². The molecule has 0 heterocycles. The first-order valence-corrected chi connectivity index (χ1v) is 5.15. The summed E-state index contributed by atoms with van der Waals surface area (Å²) in [5.41, 5.74) is -0.467. The SMILES string of the molecule is CC(C)(C)OC(=O)Cc1[c]cccc1[N+](=O)[O-]. The molecule has 0 bridgehead atoms. The maximum atomic E-state index is 11.5. The standard InChI is InChI=1S/C12H14NO4/c1-12(2,3)17-11(14)8-9-6-4-5-7-10(9)13(15)16/h4-5,7H,8H2,1-3H3. The lowest BCUT2D eigenvalue weighted by Crippen LogP contribution is -2.25. The van der Waals surface area contributed by atoms with Crippen molar-refractivity contribution in [2.24, 2.45) is 0 Å². The maximum absolute atomic E-state index is 11.5. The highest BCUT2D eigenvalue weighted by molar-refractivity contribution is 5.74. The molecular weight excluding hydrogens is 222 g/mol. The number of nitro groups is 1. The van der Waals surface area contributed by atoms with Crippen molar-refractivity contribution in [1.29, 1.82) is 0 Å². The summed E-state index contributed by atoms with van der Waals surface area (Å²) in [6.45, 7) is 5.23. The quantitative estimate of drug-likeness (QED) is 0.458. The second kappa shape index (κ2) is 4.95. The molecule has 0 saturated carbocycles. The molecule has 1 aromatic rings. The molecule has 0 amide bonds. The summed E-state index contributed by atoms with van der Waals surface area (Å²) in [6.07, 6.45) is -0.144. The Bertz CT molecular complexity index is 434. The molecular formula is C12H14NO4. The van der Waals surface area contributed by atoms with Crippen molar-refractivity contribution >= 4 is 11.7 Å². The van der Waals surface area contributed by atoms with E-state index in [1.807, 2.05) is 0 Å². The number of hydrogen-bond donors (Lipinski definition) is 0. The third-order valence-electron chi connectivity index (χ3n) is 1.85. The molecule has 1 aromatic carbocycles. The van der Waals surface area contributed by atoms with Gasteiger partial charge in [0, 0.05) is 11.6 Å². The van der Waals surface area contributed by atoms with E-state index < -0.39 is 16.5 Å². The lowest BCUT2D eigenvalue weighted by molar-refractivity contribution is -0.385. The molecule has 1 rings (SSSR count). The van der Waals surface area contributed by atoms with Crippen LogP contribution in [0.25, 0.3) is 0 Å². The van der Waals surface area contributed by atoms with Crippen LogP contribution in [0.1, 0.15) is 26.3 Å². The fourth-order valence-corrected chi connectivity index (χ4v) is 1.30. The van der Waals surface area contributed by atoms with Gasteiger partial charge in [0.25, 0.3) is 5.69 Å². The summed E-state index contributed by atoms with van der Waals surface area (Å²) in [5, 5.41) is 10.7. The van der Waals surface area contributed by atoms with Gasteiger partial charge in [0.2, 0.25) is 0 Å². The average Bonchev–Trinajstić information content (AvgIpc) is 2.14. The molecule has 0 spiro atoms. The minimum atomic E-state index is -0.597. The largest absolute Gasteiger partial charge is 0.460 e. The highest BCUT2D eigenvalue weighted by Gasteiger charge is 2.20. The van der Waals surface area contributed by atoms with Gasteiger partial charge >= 0.3 is 5.97 Å². The zero-order valence-electron chi connectivity index (χ0n) is 10.0. The normalized spacial score (nSPS) is 11.0. The van der Waals surface area contributed by atoms with Crippen LogP contribution in [-0.4, -0.2) is 16.5 Å². The van der Waals surface area contributed by atoms with E-state index in [1.165, 1.54) is 18.2 Å². The van der Waals surface area contributed by atoms with E-state index in [4.69, 9.17) is 4.74 Å². The molecule has 0 aromatic heterocycles. The molecule has 0 saturated heterocycles. The third-order valence-corrected chi connectivity index (χ3v) is 1.85. The zero-order valence-corrected chi connectivity index (χ0v) is 10.0. The molecule has 5 nitrogen and oxygen atoms in total. The van der Waals surface area contributed by atoms with E-state index in [1.54, 1.807) is 20.8 Å². The van der Waals surface area contributed by atoms with Crippen molar-refractivity contribution in [2.75, 3.05) is 0 Å². The highest BCUT2D eigenvalue weighted by atomic mass is 16.6. The summed E-state index contributed by atoms with van der Waals surface area (Å²) in [5.74, 6) is -0.497. The van der Waals surface area contributed by atoms with Gasteiger partial charge in [-0.1, -0.05) is 12.1 Å². The predicted octanol–water partition coefficient (Wildman–Crippen LogP) is 2.28. The van der Waals surface area contributed by atoms with Crippen molar-refractivity contribution < 1.29 is 14.5 Å². The molecule has 0 fully saturated rings. The Hall–Kier alpha value is -1.91. The Kier molecular flexibility index (Phi) is 3.83. The number of hydrogen-bond acceptors (Lipinski definition) is 4. The number of rotatable bonds is 3. The summed E-state index contributed by atoms with van der Waals surface area (Å²) in [6, 6.07) is 7.08. The highest BCUT2D eigenvalue weighted by Crippen LogP contribution is 2.19. The first-order valence-electron chi connectivity index (χ1n) is 5.15. The summed E-state index contributed by atoms with van der Waals surface area (Å²) in [4.78, 5) is 21.7. The monoisotopic (exact) mass is 236 g/mol. The van der Waals surface area contributed by atoms with Gasteiger partial charge in [-0.25, -0.2) is 0 Å². The van der Waals surface area contributed by atoms with Crippen LogP contribution in [0.4, 0.5) is 5.69 Å². The van der Waals surface area contributed by atoms with Gasteiger partial charge in [0.05, 0.1) is 11.3 Å². The van der Waals surface area contributed by atoms with E-state index in [2.05, 4.69) is 6.07 Å². The van der Waals surface area contributed by atoms with Gasteiger partial charge in [-0.2, -0.15) is 0 Å². The number of carbonyl (C=O) groups excluding carboxylic acids is 1. The molecule has 0 atom stereocenters. The second-order valence-corrected chi connectivity index (χ2v) is 4.55. The molecule has 1 radical (unpaired) electrons. The van der Waals surface area contributed by atoms with E-state index in [9.17, 15) is 14.9 Å². The number of esters is 1.